The van der Waals surface area contributed by atoms with Gasteiger partial charge in [0.2, 0.25) is 5.91 Å². The number of carbonyl (C=O) groups is 1. The molecule has 0 spiro atoms. The topological polar surface area (TPSA) is 81.2 Å². The number of sulfone groups is 1. The molecular formula is C19H29N3O4S. The fourth-order valence-electron chi connectivity index (χ4n) is 3.88. The Kier molecular flexibility index (Phi) is 6.26. The smallest absolute Gasteiger partial charge is 0.237 e. The Bertz CT molecular complexity index is 743. The lowest BCUT2D eigenvalue weighted by Crippen LogP contribution is -2.52. The lowest BCUT2D eigenvalue weighted by molar-refractivity contribution is -0.134. The van der Waals surface area contributed by atoms with Crippen molar-refractivity contribution >= 4 is 21.4 Å². The first-order valence-corrected chi connectivity index (χ1v) is 11.5. The average molecular weight is 396 g/mol. The summed E-state index contributed by atoms with van der Waals surface area (Å²) >= 11 is 0. The van der Waals surface area contributed by atoms with Crippen LogP contribution in [0.25, 0.3) is 0 Å². The number of anilines is 1. The molecule has 1 aromatic carbocycles. The maximum Gasteiger partial charge on any atom is 0.237 e. The molecule has 1 N–H and O–H groups in total. The summed E-state index contributed by atoms with van der Waals surface area (Å²) in [4.78, 5) is 19.0. The SMILES string of the molecule is CCCN(C(=O)CN1CCN(c2ccc(O)cc2)CC1)[C@H]1CCS(=O)(=O)C1. The Labute approximate surface area is 161 Å². The van der Waals surface area contributed by atoms with E-state index in [2.05, 4.69) is 9.80 Å². The third kappa shape index (κ3) is 5.13. The molecule has 7 nitrogen and oxygen atoms in total. The van der Waals surface area contributed by atoms with Crippen LogP contribution in [0.5, 0.6) is 5.75 Å². The minimum absolute atomic E-state index is 0.0389. The van der Waals surface area contributed by atoms with Crippen LogP contribution in [0.3, 0.4) is 0 Å². The van der Waals surface area contributed by atoms with Crippen LogP contribution >= 0.6 is 0 Å². The van der Waals surface area contributed by atoms with Crippen molar-refractivity contribution in [3.05, 3.63) is 24.3 Å². The van der Waals surface area contributed by atoms with E-state index in [1.165, 1.54) is 0 Å². The number of phenols is 1. The van der Waals surface area contributed by atoms with Gasteiger partial charge in [0.25, 0.3) is 0 Å². The molecule has 0 radical (unpaired) electrons. The Morgan fingerprint density at radius 2 is 1.85 bits per heavy atom. The van der Waals surface area contributed by atoms with E-state index < -0.39 is 9.84 Å². The number of hydrogen-bond donors (Lipinski definition) is 1. The van der Waals surface area contributed by atoms with E-state index in [9.17, 15) is 18.3 Å². The molecule has 1 atom stereocenters. The number of phenolic OH excluding ortho intramolecular Hbond substituents is 1. The van der Waals surface area contributed by atoms with Gasteiger partial charge >= 0.3 is 0 Å². The molecule has 2 saturated heterocycles. The zero-order valence-electron chi connectivity index (χ0n) is 15.9. The zero-order chi connectivity index (χ0) is 19.4. The number of nitrogens with zero attached hydrogens (tertiary/aromatic N) is 3. The van der Waals surface area contributed by atoms with Crippen LogP contribution in [-0.2, 0) is 14.6 Å². The molecule has 2 fully saturated rings. The van der Waals surface area contributed by atoms with Crippen LogP contribution in [0.2, 0.25) is 0 Å². The first-order valence-electron chi connectivity index (χ1n) is 9.64. The molecule has 150 valence electrons. The maximum atomic E-state index is 12.8. The Hall–Kier alpha value is -1.80. The second kappa shape index (κ2) is 8.48. The van der Waals surface area contributed by atoms with E-state index in [1.54, 1.807) is 17.0 Å². The lowest BCUT2D eigenvalue weighted by atomic mass is 10.2. The normalized spacial score (nSPS) is 22.7. The molecule has 8 heteroatoms. The summed E-state index contributed by atoms with van der Waals surface area (Å²) in [5.74, 6) is 0.592. The Balaban J connectivity index is 1.53. The maximum absolute atomic E-state index is 12.8. The predicted molar refractivity (Wildman–Crippen MR) is 106 cm³/mol. The first kappa shape index (κ1) is 19.9. The van der Waals surface area contributed by atoms with Gasteiger partial charge in [0.1, 0.15) is 5.75 Å². The molecule has 27 heavy (non-hydrogen) atoms. The van der Waals surface area contributed by atoms with Crippen LogP contribution in [0.15, 0.2) is 24.3 Å². The van der Waals surface area contributed by atoms with Crippen molar-refractivity contribution in [2.75, 3.05) is 55.7 Å². The molecule has 2 aliphatic heterocycles. The molecule has 2 aliphatic rings. The van der Waals surface area contributed by atoms with Gasteiger partial charge < -0.3 is 14.9 Å². The standard InChI is InChI=1S/C19H29N3O4S/c1-2-8-22(17-7-13-27(25,26)15-17)19(24)14-20-9-11-21(12-10-20)16-3-5-18(23)6-4-16/h3-6,17,23H,2,7-15H2,1H3/t17-/m0/s1. The first-order chi connectivity index (χ1) is 12.9. The minimum atomic E-state index is -3.00. The molecule has 3 rings (SSSR count). The summed E-state index contributed by atoms with van der Waals surface area (Å²) in [6, 6.07) is 7.01. The van der Waals surface area contributed by atoms with Gasteiger partial charge in [-0.2, -0.15) is 0 Å². The van der Waals surface area contributed by atoms with Crippen molar-refractivity contribution < 1.29 is 18.3 Å². The highest BCUT2D eigenvalue weighted by atomic mass is 32.2. The van der Waals surface area contributed by atoms with Gasteiger partial charge in [-0.1, -0.05) is 6.92 Å². The van der Waals surface area contributed by atoms with Crippen LogP contribution in [0, 0.1) is 0 Å². The fraction of sp³-hybridized carbons (Fsp3) is 0.632. The van der Waals surface area contributed by atoms with Gasteiger partial charge in [0.05, 0.1) is 18.1 Å². The summed E-state index contributed by atoms with van der Waals surface area (Å²) in [5, 5.41) is 9.41. The van der Waals surface area contributed by atoms with E-state index in [0.717, 1.165) is 38.3 Å². The minimum Gasteiger partial charge on any atom is -0.508 e. The molecule has 0 aromatic heterocycles. The van der Waals surface area contributed by atoms with E-state index in [1.807, 2.05) is 19.1 Å². The summed E-state index contributed by atoms with van der Waals surface area (Å²) in [6.07, 6.45) is 1.39. The third-order valence-electron chi connectivity index (χ3n) is 5.38. The van der Waals surface area contributed by atoms with Crippen molar-refractivity contribution in [2.45, 2.75) is 25.8 Å². The lowest BCUT2D eigenvalue weighted by Gasteiger charge is -2.37. The summed E-state index contributed by atoms with van der Waals surface area (Å²) in [6.45, 7) is 6.20. The van der Waals surface area contributed by atoms with E-state index >= 15 is 0 Å². The molecule has 0 bridgehead atoms. The molecule has 0 aliphatic carbocycles. The fourth-order valence-corrected chi connectivity index (χ4v) is 5.61. The zero-order valence-corrected chi connectivity index (χ0v) is 16.7. The largest absolute Gasteiger partial charge is 0.508 e. The number of amides is 1. The van der Waals surface area contributed by atoms with Gasteiger partial charge in [-0.3, -0.25) is 9.69 Å². The van der Waals surface area contributed by atoms with E-state index in [0.29, 0.717) is 19.5 Å². The van der Waals surface area contributed by atoms with Gasteiger partial charge in [0.15, 0.2) is 9.84 Å². The highest BCUT2D eigenvalue weighted by Gasteiger charge is 2.34. The predicted octanol–water partition coefficient (Wildman–Crippen LogP) is 0.940. The number of rotatable bonds is 6. The van der Waals surface area contributed by atoms with Crippen LogP contribution in [-0.4, -0.2) is 86.0 Å². The highest BCUT2D eigenvalue weighted by Crippen LogP contribution is 2.21. The molecular weight excluding hydrogens is 366 g/mol. The average Bonchev–Trinajstić information content (AvgIpc) is 3.00. The number of hydrogen-bond acceptors (Lipinski definition) is 6. The number of aromatic hydroxyl groups is 1. The Morgan fingerprint density at radius 1 is 1.19 bits per heavy atom. The second-order valence-electron chi connectivity index (χ2n) is 7.42. The van der Waals surface area contributed by atoms with Gasteiger partial charge in [-0.15, -0.1) is 0 Å². The van der Waals surface area contributed by atoms with Crippen molar-refractivity contribution in [1.29, 1.82) is 0 Å². The van der Waals surface area contributed by atoms with Gasteiger partial charge in [-0.25, -0.2) is 8.42 Å². The highest BCUT2D eigenvalue weighted by molar-refractivity contribution is 7.91. The Morgan fingerprint density at radius 3 is 2.41 bits per heavy atom. The number of carbonyl (C=O) groups excluding carboxylic acids is 1. The van der Waals surface area contributed by atoms with Crippen molar-refractivity contribution in [3.8, 4) is 5.75 Å². The quantitative estimate of drug-likeness (QED) is 0.772. The molecule has 2 heterocycles. The van der Waals surface area contributed by atoms with Crippen molar-refractivity contribution in [2.24, 2.45) is 0 Å². The number of piperazine rings is 1. The summed E-state index contributed by atoms with van der Waals surface area (Å²) < 4.78 is 23.6. The van der Waals surface area contributed by atoms with Crippen LogP contribution in [0.4, 0.5) is 5.69 Å². The molecule has 1 aromatic rings. The summed E-state index contributed by atoms with van der Waals surface area (Å²) in [5.41, 5.74) is 1.07. The van der Waals surface area contributed by atoms with Crippen LogP contribution < -0.4 is 4.90 Å². The van der Waals surface area contributed by atoms with E-state index in [-0.39, 0.29) is 29.2 Å². The third-order valence-corrected chi connectivity index (χ3v) is 7.13. The molecule has 0 unspecified atom stereocenters. The monoisotopic (exact) mass is 395 g/mol. The van der Waals surface area contributed by atoms with E-state index in [4.69, 9.17) is 0 Å². The molecule has 1 amide bonds. The van der Waals surface area contributed by atoms with Gasteiger partial charge in [-0.05, 0) is 37.1 Å². The molecule has 0 saturated carbocycles. The number of benzene rings is 1. The second-order valence-corrected chi connectivity index (χ2v) is 9.65. The van der Waals surface area contributed by atoms with Crippen molar-refractivity contribution in [3.63, 3.8) is 0 Å². The summed E-state index contributed by atoms with van der Waals surface area (Å²) in [7, 11) is -3.00. The van der Waals surface area contributed by atoms with Crippen molar-refractivity contribution in [1.82, 2.24) is 9.80 Å². The van der Waals surface area contributed by atoms with Gasteiger partial charge in [0, 0.05) is 44.5 Å². The van der Waals surface area contributed by atoms with Crippen LogP contribution in [0.1, 0.15) is 19.8 Å².